The summed E-state index contributed by atoms with van der Waals surface area (Å²) in [5.74, 6) is 0. The van der Waals surface area contributed by atoms with Gasteiger partial charge in [0.25, 0.3) is 0 Å². The first-order valence-corrected chi connectivity index (χ1v) is 3.30. The molecule has 0 bridgehead atoms. The van der Waals surface area contributed by atoms with Crippen LogP contribution in [0, 0.1) is 0 Å². The Bertz CT molecular complexity index is 146. The van der Waals surface area contributed by atoms with E-state index in [9.17, 15) is 4.79 Å². The van der Waals surface area contributed by atoms with E-state index in [0.717, 1.165) is 6.42 Å². The molecule has 0 radical (unpaired) electrons. The summed E-state index contributed by atoms with van der Waals surface area (Å²) < 4.78 is 0. The van der Waals surface area contributed by atoms with Gasteiger partial charge in [-0.2, -0.15) is 0 Å². The molecular formula is C6H11NO3. The van der Waals surface area contributed by atoms with Crippen LogP contribution in [-0.4, -0.2) is 39.9 Å². The molecular weight excluding hydrogens is 134 g/mol. The molecule has 0 unspecified atom stereocenters. The van der Waals surface area contributed by atoms with Crippen molar-refractivity contribution in [1.82, 2.24) is 4.90 Å². The Morgan fingerprint density at radius 3 is 2.50 bits per heavy atom. The minimum Gasteiger partial charge on any atom is -0.465 e. The van der Waals surface area contributed by atoms with Crippen molar-refractivity contribution in [2.24, 2.45) is 0 Å². The third-order valence-electron chi connectivity index (χ3n) is 1.87. The molecule has 1 heterocycles. The molecule has 0 spiro atoms. The van der Waals surface area contributed by atoms with Gasteiger partial charge in [-0.3, -0.25) is 0 Å². The van der Waals surface area contributed by atoms with Gasteiger partial charge in [-0.25, -0.2) is 4.79 Å². The quantitative estimate of drug-likeness (QED) is 0.551. The fourth-order valence-electron chi connectivity index (χ4n) is 1.15. The number of aliphatic hydroxyl groups excluding tert-OH is 1. The SMILES string of the molecule is C[C@@H](O)[C@@H]1CCN1C(=O)O. The summed E-state index contributed by atoms with van der Waals surface area (Å²) in [6.07, 6.45) is -0.689. The Labute approximate surface area is 59.1 Å². The van der Waals surface area contributed by atoms with Crippen molar-refractivity contribution < 1.29 is 15.0 Å². The van der Waals surface area contributed by atoms with E-state index in [-0.39, 0.29) is 6.04 Å². The summed E-state index contributed by atoms with van der Waals surface area (Å²) in [6.45, 7) is 2.17. The molecule has 0 aromatic heterocycles. The van der Waals surface area contributed by atoms with Crippen LogP contribution in [0.1, 0.15) is 13.3 Å². The molecule has 58 valence electrons. The van der Waals surface area contributed by atoms with Gasteiger partial charge in [0.05, 0.1) is 12.1 Å². The molecule has 1 aliphatic heterocycles. The van der Waals surface area contributed by atoms with E-state index >= 15 is 0 Å². The summed E-state index contributed by atoms with van der Waals surface area (Å²) in [5, 5.41) is 17.5. The van der Waals surface area contributed by atoms with E-state index in [1.54, 1.807) is 6.92 Å². The molecule has 1 amide bonds. The third kappa shape index (κ3) is 1.07. The molecule has 0 aliphatic carbocycles. The smallest absolute Gasteiger partial charge is 0.407 e. The number of aliphatic hydroxyl groups is 1. The predicted octanol–water partition coefficient (Wildman–Crippen LogP) is 0.120. The molecule has 0 aromatic carbocycles. The number of hydrogen-bond donors (Lipinski definition) is 2. The highest BCUT2D eigenvalue weighted by molar-refractivity contribution is 5.66. The lowest BCUT2D eigenvalue weighted by Crippen LogP contribution is -2.55. The molecule has 2 atom stereocenters. The normalized spacial score (nSPS) is 27.4. The average molecular weight is 145 g/mol. The van der Waals surface area contributed by atoms with Crippen LogP contribution in [0.15, 0.2) is 0 Å². The first-order chi connectivity index (χ1) is 4.63. The van der Waals surface area contributed by atoms with Crippen molar-refractivity contribution in [3.05, 3.63) is 0 Å². The van der Waals surface area contributed by atoms with Crippen LogP contribution in [0.5, 0.6) is 0 Å². The molecule has 0 aromatic rings. The van der Waals surface area contributed by atoms with Crippen LogP contribution < -0.4 is 0 Å². The molecule has 4 heteroatoms. The van der Waals surface area contributed by atoms with Gasteiger partial charge in [0.1, 0.15) is 0 Å². The lowest BCUT2D eigenvalue weighted by Gasteiger charge is -2.40. The van der Waals surface area contributed by atoms with Gasteiger partial charge in [0.2, 0.25) is 0 Å². The van der Waals surface area contributed by atoms with Gasteiger partial charge >= 0.3 is 6.09 Å². The zero-order chi connectivity index (χ0) is 7.72. The van der Waals surface area contributed by atoms with Crippen molar-refractivity contribution in [1.29, 1.82) is 0 Å². The van der Waals surface area contributed by atoms with Crippen molar-refractivity contribution in [2.45, 2.75) is 25.5 Å². The molecule has 2 N–H and O–H groups in total. The predicted molar refractivity (Wildman–Crippen MR) is 34.8 cm³/mol. The summed E-state index contributed by atoms with van der Waals surface area (Å²) >= 11 is 0. The van der Waals surface area contributed by atoms with Crippen molar-refractivity contribution in [3.63, 3.8) is 0 Å². The van der Waals surface area contributed by atoms with E-state index in [2.05, 4.69) is 0 Å². The maximum Gasteiger partial charge on any atom is 0.407 e. The van der Waals surface area contributed by atoms with Gasteiger partial charge in [0, 0.05) is 6.54 Å². The largest absolute Gasteiger partial charge is 0.465 e. The first kappa shape index (κ1) is 7.34. The lowest BCUT2D eigenvalue weighted by molar-refractivity contribution is 0.00421. The van der Waals surface area contributed by atoms with Crippen LogP contribution in [0.25, 0.3) is 0 Å². The minimum atomic E-state index is -0.933. The van der Waals surface area contributed by atoms with Gasteiger partial charge in [-0.1, -0.05) is 0 Å². The number of carboxylic acid groups (broad SMARTS) is 1. The monoisotopic (exact) mass is 145 g/mol. The van der Waals surface area contributed by atoms with Gasteiger partial charge in [-0.05, 0) is 13.3 Å². The molecule has 10 heavy (non-hydrogen) atoms. The highest BCUT2D eigenvalue weighted by Gasteiger charge is 2.34. The zero-order valence-electron chi connectivity index (χ0n) is 5.82. The first-order valence-electron chi connectivity index (χ1n) is 3.30. The van der Waals surface area contributed by atoms with Gasteiger partial charge in [-0.15, -0.1) is 0 Å². The number of carbonyl (C=O) groups is 1. The lowest BCUT2D eigenvalue weighted by atomic mass is 9.99. The maximum absolute atomic E-state index is 10.3. The van der Waals surface area contributed by atoms with E-state index < -0.39 is 12.2 Å². The number of rotatable bonds is 1. The number of amides is 1. The van der Waals surface area contributed by atoms with E-state index in [4.69, 9.17) is 10.2 Å². The summed E-state index contributed by atoms with van der Waals surface area (Å²) in [7, 11) is 0. The average Bonchev–Trinajstić information content (AvgIpc) is 1.56. The fraction of sp³-hybridized carbons (Fsp3) is 0.833. The Morgan fingerprint density at radius 1 is 1.80 bits per heavy atom. The van der Waals surface area contributed by atoms with E-state index in [1.165, 1.54) is 4.90 Å². The zero-order valence-corrected chi connectivity index (χ0v) is 5.82. The molecule has 1 saturated heterocycles. The maximum atomic E-state index is 10.3. The van der Waals surface area contributed by atoms with Crippen molar-refractivity contribution in [3.8, 4) is 0 Å². The highest BCUT2D eigenvalue weighted by Crippen LogP contribution is 2.19. The Morgan fingerprint density at radius 2 is 2.40 bits per heavy atom. The van der Waals surface area contributed by atoms with E-state index in [0.29, 0.717) is 6.54 Å². The Kier molecular flexibility index (Phi) is 1.80. The summed E-state index contributed by atoms with van der Waals surface area (Å²) in [5.41, 5.74) is 0. The van der Waals surface area contributed by atoms with Crippen molar-refractivity contribution >= 4 is 6.09 Å². The van der Waals surface area contributed by atoms with Gasteiger partial charge < -0.3 is 15.1 Å². The molecule has 4 nitrogen and oxygen atoms in total. The summed E-state index contributed by atoms with van der Waals surface area (Å²) in [4.78, 5) is 11.6. The standard InChI is InChI=1S/C6H11NO3/c1-4(8)5-2-3-7(5)6(9)10/h4-5,8H,2-3H2,1H3,(H,9,10)/t4-,5+/m1/s1. The second kappa shape index (κ2) is 2.46. The van der Waals surface area contributed by atoms with Crippen LogP contribution in [-0.2, 0) is 0 Å². The van der Waals surface area contributed by atoms with Gasteiger partial charge in [0.15, 0.2) is 0 Å². The van der Waals surface area contributed by atoms with Crippen LogP contribution in [0.4, 0.5) is 4.79 Å². The highest BCUT2D eigenvalue weighted by atomic mass is 16.4. The second-order valence-electron chi connectivity index (χ2n) is 2.57. The third-order valence-corrected chi connectivity index (χ3v) is 1.87. The van der Waals surface area contributed by atoms with Crippen molar-refractivity contribution in [2.75, 3.05) is 6.54 Å². The van der Waals surface area contributed by atoms with Crippen LogP contribution in [0.2, 0.25) is 0 Å². The Hall–Kier alpha value is -0.770. The second-order valence-corrected chi connectivity index (χ2v) is 2.57. The van der Waals surface area contributed by atoms with E-state index in [1.807, 2.05) is 0 Å². The molecule has 1 fully saturated rings. The number of nitrogens with zero attached hydrogens (tertiary/aromatic N) is 1. The Balaban J connectivity index is 2.43. The molecule has 1 aliphatic rings. The number of hydrogen-bond acceptors (Lipinski definition) is 2. The van der Waals surface area contributed by atoms with Crippen LogP contribution >= 0.6 is 0 Å². The number of likely N-dealkylation sites (tertiary alicyclic amines) is 1. The molecule has 0 saturated carbocycles. The minimum absolute atomic E-state index is 0.169. The summed E-state index contributed by atoms with van der Waals surface area (Å²) in [6, 6.07) is -0.169. The topological polar surface area (TPSA) is 60.8 Å². The van der Waals surface area contributed by atoms with Crippen LogP contribution in [0.3, 0.4) is 0 Å². The molecule has 1 rings (SSSR count). The fourth-order valence-corrected chi connectivity index (χ4v) is 1.15.